The highest BCUT2D eigenvalue weighted by atomic mass is 32.1. The lowest BCUT2D eigenvalue weighted by atomic mass is 10.2. The van der Waals surface area contributed by atoms with Crippen molar-refractivity contribution in [1.82, 2.24) is 10.3 Å². The van der Waals surface area contributed by atoms with Gasteiger partial charge in [0.1, 0.15) is 5.01 Å². The van der Waals surface area contributed by atoms with Crippen LogP contribution in [-0.2, 0) is 0 Å². The summed E-state index contributed by atoms with van der Waals surface area (Å²) < 4.78 is 0. The van der Waals surface area contributed by atoms with E-state index in [9.17, 15) is 0 Å². The van der Waals surface area contributed by atoms with Crippen LogP contribution in [0.25, 0.3) is 0 Å². The Bertz CT molecular complexity index is 482. The molecule has 3 nitrogen and oxygen atoms in total. The molecule has 0 aliphatic carbocycles. The number of hydrogen-bond donors (Lipinski definition) is 2. The van der Waals surface area contributed by atoms with Crippen molar-refractivity contribution < 1.29 is 0 Å². The number of rotatable bonds is 4. The number of para-hydroxylation sites is 1. The molecule has 2 rings (SSSR count). The number of anilines is 1. The van der Waals surface area contributed by atoms with E-state index in [-0.39, 0.29) is 6.04 Å². The average Bonchev–Trinajstić information content (AvgIpc) is 2.91. The minimum absolute atomic E-state index is 0.175. The fourth-order valence-electron chi connectivity index (χ4n) is 1.59. The molecule has 18 heavy (non-hydrogen) atoms. The second-order valence-electron chi connectivity index (χ2n) is 3.80. The summed E-state index contributed by atoms with van der Waals surface area (Å²) in [5.74, 6) is 0. The number of thiazole rings is 1. The Kier molecular flexibility index (Phi) is 4.66. The average molecular weight is 277 g/mol. The van der Waals surface area contributed by atoms with Gasteiger partial charge in [-0.2, -0.15) is 0 Å². The summed E-state index contributed by atoms with van der Waals surface area (Å²) in [6.45, 7) is 2.12. The summed E-state index contributed by atoms with van der Waals surface area (Å²) >= 11 is 6.95. The number of nitrogens with zero attached hydrogens (tertiary/aromatic N) is 1. The third-order valence-electron chi connectivity index (χ3n) is 2.49. The lowest BCUT2D eigenvalue weighted by Crippen LogP contribution is -2.31. The molecule has 94 valence electrons. The summed E-state index contributed by atoms with van der Waals surface area (Å²) in [5.41, 5.74) is 0.990. The van der Waals surface area contributed by atoms with Crippen molar-refractivity contribution in [1.29, 1.82) is 0 Å². The summed E-state index contributed by atoms with van der Waals surface area (Å²) in [6, 6.07) is 10.1. The molecule has 0 spiro atoms. The van der Waals surface area contributed by atoms with E-state index in [1.807, 2.05) is 41.9 Å². The van der Waals surface area contributed by atoms with Gasteiger partial charge in [-0.1, -0.05) is 25.1 Å². The molecule has 1 heterocycles. The van der Waals surface area contributed by atoms with Crippen LogP contribution in [0.2, 0.25) is 0 Å². The predicted molar refractivity (Wildman–Crippen MR) is 80.9 cm³/mol. The Hall–Kier alpha value is -1.46. The van der Waals surface area contributed by atoms with Crippen LogP contribution in [-0.4, -0.2) is 10.1 Å². The number of nitrogens with one attached hydrogen (secondary N) is 2. The Morgan fingerprint density at radius 3 is 2.78 bits per heavy atom. The van der Waals surface area contributed by atoms with Gasteiger partial charge in [0.05, 0.1) is 6.04 Å². The van der Waals surface area contributed by atoms with E-state index in [2.05, 4.69) is 22.5 Å². The van der Waals surface area contributed by atoms with Crippen molar-refractivity contribution in [3.8, 4) is 0 Å². The smallest absolute Gasteiger partial charge is 0.171 e. The predicted octanol–water partition coefficient (Wildman–Crippen LogP) is 3.58. The minimum atomic E-state index is 0.175. The summed E-state index contributed by atoms with van der Waals surface area (Å²) in [5, 5.41) is 10.1. The summed E-state index contributed by atoms with van der Waals surface area (Å²) in [7, 11) is 0. The third-order valence-corrected chi connectivity index (χ3v) is 3.60. The molecule has 0 amide bonds. The zero-order chi connectivity index (χ0) is 12.8. The zero-order valence-electron chi connectivity index (χ0n) is 10.1. The van der Waals surface area contributed by atoms with Gasteiger partial charge in [0.25, 0.3) is 0 Å². The van der Waals surface area contributed by atoms with Crippen molar-refractivity contribution in [2.45, 2.75) is 19.4 Å². The van der Waals surface area contributed by atoms with E-state index in [4.69, 9.17) is 12.2 Å². The van der Waals surface area contributed by atoms with Crippen LogP contribution in [0.3, 0.4) is 0 Å². The third kappa shape index (κ3) is 3.51. The van der Waals surface area contributed by atoms with E-state index in [0.29, 0.717) is 5.11 Å². The van der Waals surface area contributed by atoms with Gasteiger partial charge in [-0.05, 0) is 30.8 Å². The van der Waals surface area contributed by atoms with Gasteiger partial charge in [-0.3, -0.25) is 0 Å². The van der Waals surface area contributed by atoms with Crippen molar-refractivity contribution >= 4 is 34.4 Å². The molecule has 0 aliphatic heterocycles. The van der Waals surface area contributed by atoms with Crippen LogP contribution in [0, 0.1) is 0 Å². The molecule has 1 aromatic heterocycles. The highest BCUT2D eigenvalue weighted by molar-refractivity contribution is 7.80. The van der Waals surface area contributed by atoms with Crippen molar-refractivity contribution in [2.24, 2.45) is 0 Å². The first-order chi connectivity index (χ1) is 8.79. The standard InChI is InChI=1S/C13H15N3S2/c1-2-11(12-14-8-9-18-12)16-13(17)15-10-6-4-3-5-7-10/h3-9,11H,2H2,1H3,(H2,15,16,17). The van der Waals surface area contributed by atoms with Gasteiger partial charge in [-0.15, -0.1) is 11.3 Å². The lowest BCUT2D eigenvalue weighted by Gasteiger charge is -2.17. The first-order valence-corrected chi connectivity index (χ1v) is 7.10. The maximum atomic E-state index is 5.31. The largest absolute Gasteiger partial charge is 0.353 e. The topological polar surface area (TPSA) is 37.0 Å². The van der Waals surface area contributed by atoms with Gasteiger partial charge in [0.2, 0.25) is 0 Å². The van der Waals surface area contributed by atoms with Crippen LogP contribution >= 0.6 is 23.6 Å². The number of hydrogen-bond acceptors (Lipinski definition) is 3. The Morgan fingerprint density at radius 1 is 1.39 bits per heavy atom. The molecule has 2 N–H and O–H groups in total. The molecule has 1 aromatic carbocycles. The van der Waals surface area contributed by atoms with E-state index in [1.54, 1.807) is 11.3 Å². The highest BCUT2D eigenvalue weighted by Gasteiger charge is 2.12. The summed E-state index contributed by atoms with van der Waals surface area (Å²) in [6.07, 6.45) is 2.77. The molecule has 0 saturated carbocycles. The molecule has 0 saturated heterocycles. The normalized spacial score (nSPS) is 11.8. The van der Waals surface area contributed by atoms with Gasteiger partial charge in [-0.25, -0.2) is 4.98 Å². The second-order valence-corrected chi connectivity index (χ2v) is 5.13. The maximum absolute atomic E-state index is 5.31. The SMILES string of the molecule is CCC(NC(=S)Nc1ccccc1)c1nccs1. The van der Waals surface area contributed by atoms with Crippen molar-refractivity contribution in [3.05, 3.63) is 46.9 Å². The lowest BCUT2D eigenvalue weighted by molar-refractivity contribution is 0.625. The van der Waals surface area contributed by atoms with Crippen molar-refractivity contribution in [3.63, 3.8) is 0 Å². The van der Waals surface area contributed by atoms with Crippen LogP contribution in [0.5, 0.6) is 0 Å². The summed E-state index contributed by atoms with van der Waals surface area (Å²) in [4.78, 5) is 4.32. The minimum Gasteiger partial charge on any atom is -0.353 e. The van der Waals surface area contributed by atoms with Crippen LogP contribution < -0.4 is 10.6 Å². The van der Waals surface area contributed by atoms with Gasteiger partial charge >= 0.3 is 0 Å². The first-order valence-electron chi connectivity index (χ1n) is 5.81. The van der Waals surface area contributed by atoms with E-state index >= 15 is 0 Å². The maximum Gasteiger partial charge on any atom is 0.171 e. The van der Waals surface area contributed by atoms with Crippen LogP contribution in [0.4, 0.5) is 5.69 Å². The number of aromatic nitrogens is 1. The number of benzene rings is 1. The van der Waals surface area contributed by atoms with E-state index in [1.165, 1.54) is 0 Å². The Labute approximate surface area is 116 Å². The molecule has 1 unspecified atom stereocenters. The van der Waals surface area contributed by atoms with Crippen LogP contribution in [0.1, 0.15) is 24.4 Å². The van der Waals surface area contributed by atoms with Crippen molar-refractivity contribution in [2.75, 3.05) is 5.32 Å². The van der Waals surface area contributed by atoms with E-state index in [0.717, 1.165) is 17.1 Å². The quantitative estimate of drug-likeness (QED) is 0.838. The molecule has 1 atom stereocenters. The molecular formula is C13H15N3S2. The second kappa shape index (κ2) is 6.47. The zero-order valence-corrected chi connectivity index (χ0v) is 11.7. The highest BCUT2D eigenvalue weighted by Crippen LogP contribution is 2.18. The Morgan fingerprint density at radius 2 is 2.17 bits per heavy atom. The molecule has 0 aliphatic rings. The molecule has 0 fully saturated rings. The van der Waals surface area contributed by atoms with Gasteiger partial charge < -0.3 is 10.6 Å². The first kappa shape index (κ1) is 13.0. The number of thiocarbonyl (C=S) groups is 1. The van der Waals surface area contributed by atoms with Gasteiger partial charge in [0.15, 0.2) is 5.11 Å². The van der Waals surface area contributed by atoms with Gasteiger partial charge in [0, 0.05) is 17.3 Å². The van der Waals surface area contributed by atoms with Crippen LogP contribution in [0.15, 0.2) is 41.9 Å². The monoisotopic (exact) mass is 277 g/mol. The molecule has 0 radical (unpaired) electrons. The molecule has 5 heteroatoms. The molecular weight excluding hydrogens is 262 g/mol. The molecule has 2 aromatic rings. The molecule has 0 bridgehead atoms. The fraction of sp³-hybridized carbons (Fsp3) is 0.231. The Balaban J connectivity index is 1.94. The van der Waals surface area contributed by atoms with E-state index < -0.39 is 0 Å². The fourth-order valence-corrected chi connectivity index (χ4v) is 2.62.